The molecule has 0 N–H and O–H groups in total. The van der Waals surface area contributed by atoms with E-state index in [1.165, 1.54) is 14.2 Å². The summed E-state index contributed by atoms with van der Waals surface area (Å²) >= 11 is 0. The van der Waals surface area contributed by atoms with Crippen LogP contribution in [-0.2, 0) is 13.2 Å². The topological polar surface area (TPSA) is 62.6 Å². The van der Waals surface area contributed by atoms with Gasteiger partial charge in [0.15, 0.2) is 11.5 Å². The lowest BCUT2D eigenvalue weighted by Gasteiger charge is -2.14. The Hall–Kier alpha value is -2.50. The first-order chi connectivity index (χ1) is 10.2. The zero-order chi connectivity index (χ0) is 15.2. The van der Waals surface area contributed by atoms with E-state index in [0.29, 0.717) is 29.4 Å². The third kappa shape index (κ3) is 3.34. The first kappa shape index (κ1) is 14.9. The number of aldehydes is 1. The maximum atomic E-state index is 10.9. The maximum Gasteiger partial charge on any atom is 0.203 e. The van der Waals surface area contributed by atoms with Crippen LogP contribution in [0.15, 0.2) is 24.5 Å². The third-order valence-electron chi connectivity index (χ3n) is 3.01. The normalized spacial score (nSPS) is 10.2. The summed E-state index contributed by atoms with van der Waals surface area (Å²) in [6.07, 6.45) is 4.40. The van der Waals surface area contributed by atoms with Crippen LogP contribution < -0.4 is 14.2 Å². The molecule has 0 saturated heterocycles. The molecule has 0 saturated carbocycles. The number of carbonyl (C=O) groups is 1. The Kier molecular flexibility index (Phi) is 4.81. The van der Waals surface area contributed by atoms with E-state index in [4.69, 9.17) is 14.2 Å². The lowest BCUT2D eigenvalue weighted by atomic mass is 10.2. The fourth-order valence-electron chi connectivity index (χ4n) is 1.92. The van der Waals surface area contributed by atoms with E-state index in [0.717, 1.165) is 18.4 Å². The Morgan fingerprint density at radius 3 is 2.38 bits per heavy atom. The molecule has 0 fully saturated rings. The van der Waals surface area contributed by atoms with Gasteiger partial charge in [0.25, 0.3) is 0 Å². The number of aryl methyl sites for hydroxylation is 1. The number of methoxy groups -OCH3 is 2. The minimum absolute atomic E-state index is 0.340. The second kappa shape index (κ2) is 6.78. The summed E-state index contributed by atoms with van der Waals surface area (Å²) in [5.41, 5.74) is 1.41. The summed E-state index contributed by atoms with van der Waals surface area (Å²) < 4.78 is 18.1. The van der Waals surface area contributed by atoms with Gasteiger partial charge in [-0.2, -0.15) is 5.10 Å². The first-order valence-electron chi connectivity index (χ1n) is 6.57. The molecular formula is C15H18N2O4. The van der Waals surface area contributed by atoms with Gasteiger partial charge in [-0.25, -0.2) is 0 Å². The molecule has 21 heavy (non-hydrogen) atoms. The lowest BCUT2D eigenvalue weighted by molar-refractivity contribution is 0.112. The van der Waals surface area contributed by atoms with Crippen LogP contribution in [0.1, 0.15) is 22.8 Å². The average Bonchev–Trinajstić information content (AvgIpc) is 2.99. The molecule has 0 unspecified atom stereocenters. The van der Waals surface area contributed by atoms with E-state index in [1.807, 2.05) is 17.8 Å². The zero-order valence-electron chi connectivity index (χ0n) is 12.3. The molecule has 0 atom stereocenters. The summed E-state index contributed by atoms with van der Waals surface area (Å²) in [6, 6.07) is 3.22. The molecule has 0 aliphatic carbocycles. The number of ether oxygens (including phenoxy) is 3. The Morgan fingerprint density at radius 1 is 1.24 bits per heavy atom. The Balaban J connectivity index is 2.23. The summed E-state index contributed by atoms with van der Waals surface area (Å²) in [4.78, 5) is 10.9. The highest BCUT2D eigenvalue weighted by atomic mass is 16.5. The Morgan fingerprint density at radius 2 is 1.90 bits per heavy atom. The molecule has 6 heteroatoms. The highest BCUT2D eigenvalue weighted by Gasteiger charge is 2.14. The van der Waals surface area contributed by atoms with Gasteiger partial charge in [-0.1, -0.05) is 0 Å². The van der Waals surface area contributed by atoms with Gasteiger partial charge in [0.2, 0.25) is 5.75 Å². The Labute approximate surface area is 123 Å². The summed E-state index contributed by atoms with van der Waals surface area (Å²) in [5.74, 6) is 1.38. The molecule has 1 aromatic carbocycles. The van der Waals surface area contributed by atoms with Crippen molar-refractivity contribution in [1.29, 1.82) is 0 Å². The van der Waals surface area contributed by atoms with Crippen LogP contribution in [0.5, 0.6) is 17.2 Å². The summed E-state index contributed by atoms with van der Waals surface area (Å²) in [5, 5.41) is 4.19. The molecule has 0 bridgehead atoms. The average molecular weight is 290 g/mol. The third-order valence-corrected chi connectivity index (χ3v) is 3.01. The van der Waals surface area contributed by atoms with E-state index in [9.17, 15) is 4.79 Å². The van der Waals surface area contributed by atoms with Gasteiger partial charge in [-0.3, -0.25) is 9.48 Å². The van der Waals surface area contributed by atoms with E-state index < -0.39 is 0 Å². The van der Waals surface area contributed by atoms with Crippen molar-refractivity contribution in [3.63, 3.8) is 0 Å². The molecule has 1 heterocycles. The minimum Gasteiger partial charge on any atom is -0.493 e. The number of aromatic nitrogens is 2. The maximum absolute atomic E-state index is 10.9. The number of rotatable bonds is 7. The van der Waals surface area contributed by atoms with Crippen LogP contribution in [0.3, 0.4) is 0 Å². The molecule has 1 aromatic heterocycles. The lowest BCUT2D eigenvalue weighted by Crippen LogP contribution is -2.01. The molecule has 0 amide bonds. The molecule has 2 rings (SSSR count). The number of hydrogen-bond donors (Lipinski definition) is 0. The van der Waals surface area contributed by atoms with Crippen molar-refractivity contribution < 1.29 is 19.0 Å². The second-order valence-corrected chi connectivity index (χ2v) is 4.37. The molecule has 0 aliphatic heterocycles. The van der Waals surface area contributed by atoms with Crippen LogP contribution in [0.25, 0.3) is 0 Å². The monoisotopic (exact) mass is 290 g/mol. The zero-order valence-corrected chi connectivity index (χ0v) is 12.3. The fraction of sp³-hybridized carbons (Fsp3) is 0.333. The fourth-order valence-corrected chi connectivity index (χ4v) is 1.92. The van der Waals surface area contributed by atoms with E-state index in [-0.39, 0.29) is 0 Å². The number of nitrogens with zero attached hydrogens (tertiary/aromatic N) is 2. The Bertz CT molecular complexity index is 597. The molecule has 0 aliphatic rings. The van der Waals surface area contributed by atoms with Gasteiger partial charge < -0.3 is 14.2 Å². The smallest absolute Gasteiger partial charge is 0.203 e. The molecule has 0 spiro atoms. The van der Waals surface area contributed by atoms with Crippen LogP contribution >= 0.6 is 0 Å². The first-order valence-corrected chi connectivity index (χ1v) is 6.57. The highest BCUT2D eigenvalue weighted by molar-refractivity contribution is 5.78. The molecule has 2 aromatic rings. The van der Waals surface area contributed by atoms with Crippen molar-refractivity contribution in [3.05, 3.63) is 35.7 Å². The standard InChI is InChI=1S/C15H18N2O4/c1-4-17-8-12(7-16-17)10-21-15-13(19-2)5-11(9-18)6-14(15)20-3/h5-9H,4,10H2,1-3H3. The summed E-state index contributed by atoms with van der Waals surface area (Å²) in [6.45, 7) is 3.16. The van der Waals surface area contributed by atoms with Crippen molar-refractivity contribution >= 4 is 6.29 Å². The van der Waals surface area contributed by atoms with Crippen molar-refractivity contribution in [1.82, 2.24) is 9.78 Å². The van der Waals surface area contributed by atoms with E-state index >= 15 is 0 Å². The minimum atomic E-state index is 0.340. The van der Waals surface area contributed by atoms with Gasteiger partial charge in [-0.05, 0) is 19.1 Å². The van der Waals surface area contributed by atoms with Crippen molar-refractivity contribution in [2.75, 3.05) is 14.2 Å². The van der Waals surface area contributed by atoms with Crippen molar-refractivity contribution in [2.45, 2.75) is 20.1 Å². The van der Waals surface area contributed by atoms with E-state index in [1.54, 1.807) is 18.3 Å². The quantitative estimate of drug-likeness (QED) is 0.732. The van der Waals surface area contributed by atoms with Crippen molar-refractivity contribution in [3.8, 4) is 17.2 Å². The SMILES string of the molecule is CCn1cc(COc2c(OC)cc(C=O)cc2OC)cn1. The van der Waals surface area contributed by atoms with Crippen molar-refractivity contribution in [2.24, 2.45) is 0 Å². The highest BCUT2D eigenvalue weighted by Crippen LogP contribution is 2.38. The summed E-state index contributed by atoms with van der Waals surface area (Å²) in [7, 11) is 3.04. The van der Waals surface area contributed by atoms with Crippen LogP contribution in [0, 0.1) is 0 Å². The van der Waals surface area contributed by atoms with Crippen LogP contribution in [0.4, 0.5) is 0 Å². The largest absolute Gasteiger partial charge is 0.493 e. The molecule has 0 radical (unpaired) electrons. The van der Waals surface area contributed by atoms with E-state index in [2.05, 4.69) is 5.10 Å². The number of benzene rings is 1. The van der Waals surface area contributed by atoms with Crippen LogP contribution in [0.2, 0.25) is 0 Å². The van der Waals surface area contributed by atoms with Gasteiger partial charge in [0.05, 0.1) is 20.4 Å². The number of carbonyl (C=O) groups excluding carboxylic acids is 1. The predicted octanol–water partition coefficient (Wildman–Crippen LogP) is 2.31. The van der Waals surface area contributed by atoms with Crippen LogP contribution in [-0.4, -0.2) is 30.3 Å². The molecular weight excluding hydrogens is 272 g/mol. The van der Waals surface area contributed by atoms with Gasteiger partial charge in [-0.15, -0.1) is 0 Å². The molecule has 112 valence electrons. The van der Waals surface area contributed by atoms with Gasteiger partial charge in [0.1, 0.15) is 12.9 Å². The number of hydrogen-bond acceptors (Lipinski definition) is 5. The second-order valence-electron chi connectivity index (χ2n) is 4.37. The predicted molar refractivity (Wildman–Crippen MR) is 77.2 cm³/mol. The van der Waals surface area contributed by atoms with Gasteiger partial charge in [0, 0.05) is 23.9 Å². The molecule has 6 nitrogen and oxygen atoms in total. The van der Waals surface area contributed by atoms with Gasteiger partial charge >= 0.3 is 0 Å².